The molecule has 1 aliphatic rings. The molecule has 0 radical (unpaired) electrons. The zero-order chi connectivity index (χ0) is 14.3. The predicted octanol–water partition coefficient (Wildman–Crippen LogP) is 2.96. The molecule has 1 amide bonds. The molecule has 1 atom stereocenters. The van der Waals surface area contributed by atoms with Crippen molar-refractivity contribution in [3.63, 3.8) is 0 Å². The highest BCUT2D eigenvalue weighted by Gasteiger charge is 2.39. The summed E-state index contributed by atoms with van der Waals surface area (Å²) in [5, 5.41) is 12.3. The number of nitrogens with one attached hydrogen (secondary N) is 1. The van der Waals surface area contributed by atoms with Gasteiger partial charge in [-0.25, -0.2) is 0 Å². The van der Waals surface area contributed by atoms with Crippen molar-refractivity contribution in [1.82, 2.24) is 5.32 Å². The number of carbonyl (C=O) groups excluding carboxylic acids is 1. The summed E-state index contributed by atoms with van der Waals surface area (Å²) in [4.78, 5) is 23.4. The van der Waals surface area contributed by atoms with Gasteiger partial charge in [0.25, 0.3) is 0 Å². The lowest BCUT2D eigenvalue weighted by Crippen LogP contribution is -2.45. The van der Waals surface area contributed by atoms with Crippen LogP contribution in [0.2, 0.25) is 0 Å². The number of hydrogen-bond acceptors (Lipinski definition) is 2. The highest BCUT2D eigenvalue weighted by molar-refractivity contribution is 5.80. The molecular formula is C15H27NO3. The summed E-state index contributed by atoms with van der Waals surface area (Å²) in [6.45, 7) is 4.31. The first kappa shape index (κ1) is 16.0. The maximum Gasteiger partial charge on any atom is 0.311 e. The third kappa shape index (κ3) is 4.51. The molecule has 4 nitrogen and oxygen atoms in total. The van der Waals surface area contributed by atoms with E-state index in [9.17, 15) is 14.7 Å². The number of carboxylic acids is 1. The van der Waals surface area contributed by atoms with E-state index in [1.807, 2.05) is 6.92 Å². The van der Waals surface area contributed by atoms with Crippen LogP contribution in [0.1, 0.15) is 65.2 Å². The molecule has 0 aromatic carbocycles. The minimum atomic E-state index is -0.756. The summed E-state index contributed by atoms with van der Waals surface area (Å²) in [5.74, 6) is -0.775. The molecular weight excluding hydrogens is 242 g/mol. The van der Waals surface area contributed by atoms with Crippen molar-refractivity contribution in [3.05, 3.63) is 0 Å². The fourth-order valence-corrected chi connectivity index (χ4v) is 2.77. The van der Waals surface area contributed by atoms with E-state index in [4.69, 9.17) is 0 Å². The van der Waals surface area contributed by atoms with Gasteiger partial charge in [-0.15, -0.1) is 0 Å². The highest BCUT2D eigenvalue weighted by Crippen LogP contribution is 2.36. The molecule has 1 fully saturated rings. The van der Waals surface area contributed by atoms with Crippen LogP contribution in [0.15, 0.2) is 0 Å². The van der Waals surface area contributed by atoms with Crippen LogP contribution in [-0.4, -0.2) is 23.5 Å². The van der Waals surface area contributed by atoms with Crippen molar-refractivity contribution in [2.24, 2.45) is 11.3 Å². The number of hydrogen-bond donors (Lipinski definition) is 2. The fourth-order valence-electron chi connectivity index (χ4n) is 2.77. The van der Waals surface area contributed by atoms with Crippen molar-refractivity contribution in [2.45, 2.75) is 65.2 Å². The molecule has 0 spiro atoms. The van der Waals surface area contributed by atoms with Crippen LogP contribution in [0.4, 0.5) is 0 Å². The number of rotatable bonds is 7. The van der Waals surface area contributed by atoms with Gasteiger partial charge in [0, 0.05) is 12.5 Å². The van der Waals surface area contributed by atoms with Crippen molar-refractivity contribution < 1.29 is 14.7 Å². The van der Waals surface area contributed by atoms with Crippen LogP contribution in [0.25, 0.3) is 0 Å². The molecule has 1 unspecified atom stereocenters. The Bertz CT molecular complexity index is 309. The van der Waals surface area contributed by atoms with Crippen LogP contribution in [0.3, 0.4) is 0 Å². The summed E-state index contributed by atoms with van der Waals surface area (Å²) in [6.07, 6.45) is 7.38. The largest absolute Gasteiger partial charge is 0.481 e. The standard InChI is InChI=1S/C15H27NO3/c1-3-4-8-12(2)13(17)16-11-15(14(18)19)9-6-5-7-10-15/h12H,3-11H2,1-2H3,(H,16,17)(H,18,19). The lowest BCUT2D eigenvalue weighted by molar-refractivity contribution is -0.151. The van der Waals surface area contributed by atoms with E-state index in [1.165, 1.54) is 0 Å². The van der Waals surface area contributed by atoms with Gasteiger partial charge in [0.2, 0.25) is 5.91 Å². The average molecular weight is 269 g/mol. The number of aliphatic carboxylic acids is 1. The number of unbranched alkanes of at least 4 members (excludes halogenated alkanes) is 1. The summed E-state index contributed by atoms with van der Waals surface area (Å²) in [5.41, 5.74) is -0.724. The van der Waals surface area contributed by atoms with E-state index in [0.717, 1.165) is 38.5 Å². The first-order valence-electron chi connectivity index (χ1n) is 7.53. The Labute approximate surface area is 116 Å². The summed E-state index contributed by atoms with van der Waals surface area (Å²) < 4.78 is 0. The van der Waals surface area contributed by atoms with Crippen LogP contribution >= 0.6 is 0 Å². The van der Waals surface area contributed by atoms with Crippen molar-refractivity contribution >= 4 is 11.9 Å². The van der Waals surface area contributed by atoms with Gasteiger partial charge in [0.15, 0.2) is 0 Å². The molecule has 0 aliphatic heterocycles. The predicted molar refractivity (Wildman–Crippen MR) is 74.9 cm³/mol. The van der Waals surface area contributed by atoms with Crippen molar-refractivity contribution in [2.75, 3.05) is 6.54 Å². The van der Waals surface area contributed by atoms with Gasteiger partial charge in [-0.05, 0) is 19.3 Å². The molecule has 19 heavy (non-hydrogen) atoms. The normalized spacial score (nSPS) is 19.7. The average Bonchev–Trinajstić information content (AvgIpc) is 2.42. The zero-order valence-corrected chi connectivity index (χ0v) is 12.2. The number of carboxylic acid groups (broad SMARTS) is 1. The molecule has 0 aromatic rings. The molecule has 4 heteroatoms. The van der Waals surface area contributed by atoms with Crippen molar-refractivity contribution in [1.29, 1.82) is 0 Å². The van der Waals surface area contributed by atoms with Gasteiger partial charge >= 0.3 is 5.97 Å². The Balaban J connectivity index is 2.48. The Morgan fingerprint density at radius 3 is 2.42 bits per heavy atom. The molecule has 1 aliphatic carbocycles. The van der Waals surface area contributed by atoms with Gasteiger partial charge < -0.3 is 10.4 Å². The first-order valence-corrected chi connectivity index (χ1v) is 7.53. The second kappa shape index (κ2) is 7.51. The first-order chi connectivity index (χ1) is 9.02. The Morgan fingerprint density at radius 2 is 1.89 bits per heavy atom. The molecule has 0 aromatic heterocycles. The van der Waals surface area contributed by atoms with Gasteiger partial charge in [0.05, 0.1) is 5.41 Å². The van der Waals surface area contributed by atoms with E-state index < -0.39 is 11.4 Å². The summed E-state index contributed by atoms with van der Waals surface area (Å²) in [6, 6.07) is 0. The third-order valence-corrected chi connectivity index (χ3v) is 4.30. The van der Waals surface area contributed by atoms with Gasteiger partial charge in [0.1, 0.15) is 0 Å². The maximum absolute atomic E-state index is 12.0. The number of amides is 1. The van der Waals surface area contributed by atoms with Gasteiger partial charge in [-0.1, -0.05) is 46.0 Å². The summed E-state index contributed by atoms with van der Waals surface area (Å²) >= 11 is 0. The van der Waals surface area contributed by atoms with E-state index >= 15 is 0 Å². The molecule has 0 saturated heterocycles. The van der Waals surface area contributed by atoms with E-state index in [-0.39, 0.29) is 18.4 Å². The minimum Gasteiger partial charge on any atom is -0.481 e. The Hall–Kier alpha value is -1.06. The summed E-state index contributed by atoms with van der Waals surface area (Å²) in [7, 11) is 0. The van der Waals surface area contributed by atoms with Gasteiger partial charge in [-0.2, -0.15) is 0 Å². The molecule has 0 bridgehead atoms. The maximum atomic E-state index is 12.0. The SMILES string of the molecule is CCCCC(C)C(=O)NCC1(C(=O)O)CCCCC1. The Kier molecular flexibility index (Phi) is 6.32. The smallest absolute Gasteiger partial charge is 0.311 e. The number of carbonyl (C=O) groups is 2. The zero-order valence-electron chi connectivity index (χ0n) is 12.2. The lowest BCUT2D eigenvalue weighted by atomic mass is 9.74. The van der Waals surface area contributed by atoms with Crippen molar-refractivity contribution in [3.8, 4) is 0 Å². The monoisotopic (exact) mass is 269 g/mol. The molecule has 110 valence electrons. The van der Waals surface area contributed by atoms with E-state index in [2.05, 4.69) is 12.2 Å². The third-order valence-electron chi connectivity index (χ3n) is 4.30. The van der Waals surface area contributed by atoms with E-state index in [0.29, 0.717) is 12.8 Å². The van der Waals surface area contributed by atoms with Crippen LogP contribution in [0, 0.1) is 11.3 Å². The lowest BCUT2D eigenvalue weighted by Gasteiger charge is -2.33. The molecule has 1 saturated carbocycles. The molecule has 0 heterocycles. The molecule has 2 N–H and O–H groups in total. The van der Waals surface area contributed by atoms with Crippen LogP contribution in [-0.2, 0) is 9.59 Å². The van der Waals surface area contributed by atoms with Crippen LogP contribution < -0.4 is 5.32 Å². The second-order valence-corrected chi connectivity index (χ2v) is 5.91. The molecule has 1 rings (SSSR count). The minimum absolute atomic E-state index is 0.000325. The van der Waals surface area contributed by atoms with Gasteiger partial charge in [-0.3, -0.25) is 9.59 Å². The Morgan fingerprint density at radius 1 is 1.26 bits per heavy atom. The second-order valence-electron chi connectivity index (χ2n) is 5.91. The topological polar surface area (TPSA) is 66.4 Å². The fraction of sp³-hybridized carbons (Fsp3) is 0.867. The van der Waals surface area contributed by atoms with Crippen LogP contribution in [0.5, 0.6) is 0 Å². The quantitative estimate of drug-likeness (QED) is 0.746. The van der Waals surface area contributed by atoms with E-state index in [1.54, 1.807) is 0 Å². The highest BCUT2D eigenvalue weighted by atomic mass is 16.4.